The second kappa shape index (κ2) is 7.62. The second-order valence-electron chi connectivity index (χ2n) is 8.72. The standard InChI is InChI=1S/C20H33N5O2/c1-15(2)6-9-24-19(27)25(16(3)4)18(26)20(24)7-10-23(11-8-20)14-17-12-21-22(5)13-17/h12-13,15-16H,6-11,14H2,1-5H3. The molecule has 0 unspecified atom stereocenters. The van der Waals surface area contributed by atoms with E-state index in [0.29, 0.717) is 25.3 Å². The van der Waals surface area contributed by atoms with E-state index in [0.717, 1.165) is 26.1 Å². The molecule has 3 amide bonds. The minimum absolute atomic E-state index is 0.00674. The molecule has 0 bridgehead atoms. The zero-order valence-corrected chi connectivity index (χ0v) is 17.3. The maximum absolute atomic E-state index is 13.3. The molecule has 0 radical (unpaired) electrons. The Bertz CT molecular complexity index is 688. The third-order valence-electron chi connectivity index (χ3n) is 5.86. The first-order valence-corrected chi connectivity index (χ1v) is 10.1. The van der Waals surface area contributed by atoms with Gasteiger partial charge in [-0.3, -0.25) is 19.3 Å². The van der Waals surface area contributed by atoms with Crippen LogP contribution in [0.3, 0.4) is 0 Å². The lowest BCUT2D eigenvalue weighted by atomic mass is 9.85. The molecule has 2 fully saturated rings. The summed E-state index contributed by atoms with van der Waals surface area (Å²) in [6, 6.07) is -0.198. The zero-order valence-electron chi connectivity index (χ0n) is 17.3. The van der Waals surface area contributed by atoms with E-state index in [2.05, 4.69) is 23.8 Å². The maximum atomic E-state index is 13.3. The fourth-order valence-corrected chi connectivity index (χ4v) is 4.27. The molecule has 2 aliphatic heterocycles. The van der Waals surface area contributed by atoms with Crippen molar-refractivity contribution in [3.8, 4) is 0 Å². The van der Waals surface area contributed by atoms with Crippen LogP contribution >= 0.6 is 0 Å². The van der Waals surface area contributed by atoms with E-state index < -0.39 is 5.54 Å². The summed E-state index contributed by atoms with van der Waals surface area (Å²) in [4.78, 5) is 32.0. The van der Waals surface area contributed by atoms with Crippen LogP contribution in [0.15, 0.2) is 12.4 Å². The van der Waals surface area contributed by atoms with Crippen molar-refractivity contribution in [2.24, 2.45) is 13.0 Å². The van der Waals surface area contributed by atoms with Gasteiger partial charge in [-0.15, -0.1) is 0 Å². The number of hydrogen-bond acceptors (Lipinski definition) is 4. The molecule has 3 rings (SSSR count). The van der Waals surface area contributed by atoms with Crippen LogP contribution in [0.1, 0.15) is 52.5 Å². The van der Waals surface area contributed by atoms with Gasteiger partial charge >= 0.3 is 6.03 Å². The van der Waals surface area contributed by atoms with Gasteiger partial charge in [0.05, 0.1) is 6.20 Å². The first kappa shape index (κ1) is 19.9. The lowest BCUT2D eigenvalue weighted by Crippen LogP contribution is -2.56. The van der Waals surface area contributed by atoms with Crippen LogP contribution in [0.25, 0.3) is 0 Å². The van der Waals surface area contributed by atoms with Crippen molar-refractivity contribution >= 4 is 11.9 Å². The van der Waals surface area contributed by atoms with Gasteiger partial charge in [0.2, 0.25) is 0 Å². The maximum Gasteiger partial charge on any atom is 0.327 e. The molecule has 0 N–H and O–H groups in total. The Labute approximate surface area is 162 Å². The van der Waals surface area contributed by atoms with Gasteiger partial charge in [0.25, 0.3) is 5.91 Å². The Morgan fingerprint density at radius 1 is 1.15 bits per heavy atom. The average molecular weight is 376 g/mol. The number of nitrogens with zero attached hydrogens (tertiary/aromatic N) is 5. The van der Waals surface area contributed by atoms with Crippen molar-refractivity contribution in [3.63, 3.8) is 0 Å². The Hall–Kier alpha value is -1.89. The molecule has 0 atom stereocenters. The number of carbonyl (C=O) groups excluding carboxylic acids is 2. The van der Waals surface area contributed by atoms with Crippen molar-refractivity contribution in [2.75, 3.05) is 19.6 Å². The normalized spacial score (nSPS) is 20.7. The molecular weight excluding hydrogens is 342 g/mol. The van der Waals surface area contributed by atoms with E-state index in [9.17, 15) is 9.59 Å². The highest BCUT2D eigenvalue weighted by molar-refractivity contribution is 6.07. The number of hydrogen-bond donors (Lipinski definition) is 0. The molecular formula is C20H33N5O2. The molecule has 7 nitrogen and oxygen atoms in total. The molecule has 0 saturated carbocycles. The first-order valence-electron chi connectivity index (χ1n) is 10.1. The SMILES string of the molecule is CC(C)CCN1C(=O)N(C(C)C)C(=O)C12CCN(Cc1cnn(C)c1)CC2. The lowest BCUT2D eigenvalue weighted by molar-refractivity contribution is -0.136. The highest BCUT2D eigenvalue weighted by atomic mass is 16.2. The van der Waals surface area contributed by atoms with Gasteiger partial charge in [-0.2, -0.15) is 5.10 Å². The fourth-order valence-electron chi connectivity index (χ4n) is 4.27. The molecule has 1 aromatic heterocycles. The summed E-state index contributed by atoms with van der Waals surface area (Å²) in [7, 11) is 1.92. The molecule has 27 heavy (non-hydrogen) atoms. The molecule has 1 aromatic rings. The minimum atomic E-state index is -0.651. The summed E-state index contributed by atoms with van der Waals surface area (Å²) in [5.41, 5.74) is 0.532. The van der Waals surface area contributed by atoms with Gasteiger partial charge in [-0.05, 0) is 39.0 Å². The summed E-state index contributed by atoms with van der Waals surface area (Å²) in [5, 5.41) is 4.23. The number of piperidine rings is 1. The van der Waals surface area contributed by atoms with Crippen LogP contribution in [-0.2, 0) is 18.4 Å². The Morgan fingerprint density at radius 3 is 2.33 bits per heavy atom. The van der Waals surface area contributed by atoms with Crippen molar-refractivity contribution in [1.29, 1.82) is 0 Å². The first-order chi connectivity index (χ1) is 12.7. The van der Waals surface area contributed by atoms with Gasteiger partial charge in [-0.25, -0.2) is 4.79 Å². The number of aromatic nitrogens is 2. The van der Waals surface area contributed by atoms with Crippen LogP contribution in [-0.4, -0.2) is 67.6 Å². The molecule has 7 heteroatoms. The average Bonchev–Trinajstić information content (AvgIpc) is 3.08. The van der Waals surface area contributed by atoms with E-state index in [1.807, 2.05) is 42.9 Å². The molecule has 0 aromatic carbocycles. The third kappa shape index (κ3) is 3.74. The number of amides is 3. The molecule has 2 saturated heterocycles. The van der Waals surface area contributed by atoms with E-state index in [4.69, 9.17) is 0 Å². The monoisotopic (exact) mass is 375 g/mol. The largest absolute Gasteiger partial charge is 0.327 e. The predicted octanol–water partition coefficient (Wildman–Crippen LogP) is 2.47. The van der Waals surface area contributed by atoms with Crippen molar-refractivity contribution < 1.29 is 9.59 Å². The topological polar surface area (TPSA) is 61.7 Å². The lowest BCUT2D eigenvalue weighted by Gasteiger charge is -2.42. The molecule has 3 heterocycles. The van der Waals surface area contributed by atoms with Crippen LogP contribution in [0.4, 0.5) is 4.79 Å². The molecule has 1 spiro atoms. The second-order valence-corrected chi connectivity index (χ2v) is 8.72. The number of rotatable bonds is 6. The fraction of sp³-hybridized carbons (Fsp3) is 0.750. The van der Waals surface area contributed by atoms with Gasteiger partial charge < -0.3 is 4.90 Å². The smallest absolute Gasteiger partial charge is 0.309 e. The summed E-state index contributed by atoms with van der Waals surface area (Å²) in [6.07, 6.45) is 6.26. The minimum Gasteiger partial charge on any atom is -0.309 e. The highest BCUT2D eigenvalue weighted by Crippen LogP contribution is 2.38. The van der Waals surface area contributed by atoms with E-state index >= 15 is 0 Å². The van der Waals surface area contributed by atoms with Crippen molar-refractivity contribution in [3.05, 3.63) is 18.0 Å². The number of carbonyl (C=O) groups is 2. The quantitative estimate of drug-likeness (QED) is 0.717. The summed E-state index contributed by atoms with van der Waals surface area (Å²) in [6.45, 7) is 11.3. The highest BCUT2D eigenvalue weighted by Gasteiger charge is 2.58. The Morgan fingerprint density at radius 2 is 1.81 bits per heavy atom. The Kier molecular flexibility index (Phi) is 5.60. The van der Waals surface area contributed by atoms with Crippen LogP contribution in [0, 0.1) is 5.92 Å². The van der Waals surface area contributed by atoms with Gasteiger partial charge in [0.1, 0.15) is 5.54 Å². The number of imide groups is 1. The molecule has 150 valence electrons. The predicted molar refractivity (Wildman–Crippen MR) is 104 cm³/mol. The molecule has 0 aliphatic carbocycles. The van der Waals surface area contributed by atoms with Crippen molar-refractivity contribution in [2.45, 2.75) is 65.1 Å². The van der Waals surface area contributed by atoms with E-state index in [1.54, 1.807) is 0 Å². The van der Waals surface area contributed by atoms with Crippen LogP contribution in [0.5, 0.6) is 0 Å². The van der Waals surface area contributed by atoms with Gasteiger partial charge in [-0.1, -0.05) is 13.8 Å². The van der Waals surface area contributed by atoms with E-state index in [-0.39, 0.29) is 18.0 Å². The van der Waals surface area contributed by atoms with Crippen LogP contribution < -0.4 is 0 Å². The van der Waals surface area contributed by atoms with Crippen molar-refractivity contribution in [1.82, 2.24) is 24.5 Å². The summed E-state index contributed by atoms with van der Waals surface area (Å²) < 4.78 is 1.81. The van der Waals surface area contributed by atoms with Crippen LogP contribution in [0.2, 0.25) is 0 Å². The summed E-state index contributed by atoms with van der Waals surface area (Å²) in [5.74, 6) is 0.510. The third-order valence-corrected chi connectivity index (χ3v) is 5.86. The summed E-state index contributed by atoms with van der Waals surface area (Å²) >= 11 is 0. The number of urea groups is 1. The van der Waals surface area contributed by atoms with Gasteiger partial charge in [0.15, 0.2) is 0 Å². The van der Waals surface area contributed by atoms with E-state index in [1.165, 1.54) is 10.5 Å². The Balaban J connectivity index is 1.75. The molecule has 2 aliphatic rings. The number of aryl methyl sites for hydroxylation is 1. The van der Waals surface area contributed by atoms with Gasteiger partial charge in [0, 0.05) is 51.0 Å². The number of likely N-dealkylation sites (tertiary alicyclic amines) is 1. The zero-order chi connectivity index (χ0) is 19.8.